The van der Waals surface area contributed by atoms with Crippen LogP contribution in [-0.4, -0.2) is 24.4 Å². The third-order valence-corrected chi connectivity index (χ3v) is 4.95. The van der Waals surface area contributed by atoms with E-state index in [9.17, 15) is 14.4 Å². The van der Waals surface area contributed by atoms with Crippen LogP contribution in [0.25, 0.3) is 0 Å². The molecular formula is C26H26N2O5. The van der Waals surface area contributed by atoms with Gasteiger partial charge in [0.1, 0.15) is 11.5 Å². The van der Waals surface area contributed by atoms with Crippen molar-refractivity contribution in [2.24, 2.45) is 0 Å². The molecule has 0 saturated carbocycles. The lowest BCUT2D eigenvalue weighted by molar-refractivity contribution is -0.131. The van der Waals surface area contributed by atoms with E-state index in [0.29, 0.717) is 22.7 Å². The van der Waals surface area contributed by atoms with Crippen LogP contribution in [0.5, 0.6) is 11.5 Å². The van der Waals surface area contributed by atoms with Crippen LogP contribution in [-0.2, 0) is 16.1 Å². The molecule has 0 aliphatic carbocycles. The van der Waals surface area contributed by atoms with Gasteiger partial charge in [-0.1, -0.05) is 30.3 Å². The fraction of sp³-hybridized carbons (Fsp3) is 0.192. The minimum absolute atomic E-state index is 0.111. The van der Waals surface area contributed by atoms with E-state index in [4.69, 9.17) is 9.47 Å². The van der Waals surface area contributed by atoms with Crippen molar-refractivity contribution in [2.45, 2.75) is 27.3 Å². The van der Waals surface area contributed by atoms with Crippen molar-refractivity contribution >= 4 is 23.5 Å². The molecule has 0 radical (unpaired) electrons. The second kappa shape index (κ2) is 10.9. The standard InChI is InChI=1S/C26H26N2O5/c1-17-11-12-22(13-18(17)2)32-16-25(30)27-15-21-7-4-5-10-24(21)28-26(31)20-8-6-9-23(14-20)33-19(3)29/h4-14H,15-16H2,1-3H3,(H,27,30)(H,28,31). The first-order valence-corrected chi connectivity index (χ1v) is 10.5. The highest BCUT2D eigenvalue weighted by Crippen LogP contribution is 2.19. The van der Waals surface area contributed by atoms with Crippen LogP contribution in [0.15, 0.2) is 66.7 Å². The van der Waals surface area contributed by atoms with Gasteiger partial charge in [0, 0.05) is 24.7 Å². The molecule has 0 saturated heterocycles. The maximum absolute atomic E-state index is 12.7. The number of anilines is 1. The van der Waals surface area contributed by atoms with Crippen LogP contribution in [0.2, 0.25) is 0 Å². The molecule has 170 valence electrons. The lowest BCUT2D eigenvalue weighted by Crippen LogP contribution is -2.29. The zero-order valence-corrected chi connectivity index (χ0v) is 18.8. The predicted octanol–water partition coefficient (Wildman–Crippen LogP) is 4.18. The smallest absolute Gasteiger partial charge is 0.308 e. The number of para-hydroxylation sites is 1. The molecule has 0 aromatic heterocycles. The fourth-order valence-corrected chi connectivity index (χ4v) is 3.06. The number of aryl methyl sites for hydroxylation is 2. The Bertz CT molecular complexity index is 1170. The van der Waals surface area contributed by atoms with Gasteiger partial charge in [-0.15, -0.1) is 0 Å². The molecular weight excluding hydrogens is 420 g/mol. The number of carbonyl (C=O) groups excluding carboxylic acids is 3. The largest absolute Gasteiger partial charge is 0.484 e. The minimum Gasteiger partial charge on any atom is -0.484 e. The van der Waals surface area contributed by atoms with Crippen LogP contribution in [0.1, 0.15) is 34.0 Å². The van der Waals surface area contributed by atoms with E-state index >= 15 is 0 Å². The number of hydrogen-bond acceptors (Lipinski definition) is 5. The highest BCUT2D eigenvalue weighted by atomic mass is 16.5. The normalized spacial score (nSPS) is 10.3. The van der Waals surface area contributed by atoms with Gasteiger partial charge in [0.05, 0.1) is 0 Å². The summed E-state index contributed by atoms with van der Waals surface area (Å²) in [6.45, 7) is 5.40. The van der Waals surface area contributed by atoms with Gasteiger partial charge in [-0.3, -0.25) is 14.4 Å². The van der Waals surface area contributed by atoms with Crippen molar-refractivity contribution in [3.63, 3.8) is 0 Å². The summed E-state index contributed by atoms with van der Waals surface area (Å²) in [6.07, 6.45) is 0. The maximum Gasteiger partial charge on any atom is 0.308 e. The van der Waals surface area contributed by atoms with Crippen molar-refractivity contribution in [1.29, 1.82) is 0 Å². The molecule has 0 spiro atoms. The third-order valence-electron chi connectivity index (χ3n) is 4.95. The third kappa shape index (κ3) is 6.93. The second-order valence-corrected chi connectivity index (χ2v) is 7.54. The van der Waals surface area contributed by atoms with E-state index in [1.54, 1.807) is 30.3 Å². The summed E-state index contributed by atoms with van der Waals surface area (Å²) in [5.41, 5.74) is 3.89. The van der Waals surface area contributed by atoms with Gasteiger partial charge in [-0.05, 0) is 66.9 Å². The maximum atomic E-state index is 12.7. The number of nitrogens with one attached hydrogen (secondary N) is 2. The monoisotopic (exact) mass is 446 g/mol. The van der Waals surface area contributed by atoms with Gasteiger partial charge in [0.25, 0.3) is 11.8 Å². The molecule has 0 atom stereocenters. The molecule has 0 aliphatic rings. The second-order valence-electron chi connectivity index (χ2n) is 7.54. The molecule has 2 amide bonds. The van der Waals surface area contributed by atoms with Crippen LogP contribution >= 0.6 is 0 Å². The van der Waals surface area contributed by atoms with Gasteiger partial charge >= 0.3 is 5.97 Å². The zero-order valence-electron chi connectivity index (χ0n) is 18.8. The average Bonchev–Trinajstić information content (AvgIpc) is 2.79. The number of benzene rings is 3. The Labute approximate surface area is 192 Å². The lowest BCUT2D eigenvalue weighted by Gasteiger charge is -2.13. The van der Waals surface area contributed by atoms with E-state index < -0.39 is 5.97 Å². The molecule has 0 unspecified atom stereocenters. The Kier molecular flexibility index (Phi) is 7.81. The number of hydrogen-bond donors (Lipinski definition) is 2. The van der Waals surface area contributed by atoms with Crippen molar-refractivity contribution in [2.75, 3.05) is 11.9 Å². The Morgan fingerprint density at radius 2 is 1.64 bits per heavy atom. The minimum atomic E-state index is -0.463. The summed E-state index contributed by atoms with van der Waals surface area (Å²) in [6, 6.07) is 19.2. The molecule has 3 rings (SSSR count). The summed E-state index contributed by atoms with van der Waals surface area (Å²) in [7, 11) is 0. The van der Waals surface area contributed by atoms with Crippen molar-refractivity contribution in [3.05, 3.63) is 89.0 Å². The Balaban J connectivity index is 1.58. The van der Waals surface area contributed by atoms with E-state index in [0.717, 1.165) is 16.7 Å². The Morgan fingerprint density at radius 1 is 0.848 bits per heavy atom. The zero-order chi connectivity index (χ0) is 23.8. The van der Waals surface area contributed by atoms with E-state index in [1.165, 1.54) is 13.0 Å². The van der Waals surface area contributed by atoms with Gasteiger partial charge in [-0.2, -0.15) is 0 Å². The highest BCUT2D eigenvalue weighted by molar-refractivity contribution is 6.05. The fourth-order valence-electron chi connectivity index (χ4n) is 3.06. The predicted molar refractivity (Wildman–Crippen MR) is 125 cm³/mol. The molecule has 33 heavy (non-hydrogen) atoms. The van der Waals surface area contributed by atoms with Crippen molar-refractivity contribution < 1.29 is 23.9 Å². The first-order chi connectivity index (χ1) is 15.8. The number of carbonyl (C=O) groups is 3. The van der Waals surface area contributed by atoms with Crippen LogP contribution in [0.3, 0.4) is 0 Å². The van der Waals surface area contributed by atoms with E-state index in [2.05, 4.69) is 10.6 Å². The molecule has 0 fully saturated rings. The molecule has 0 heterocycles. The van der Waals surface area contributed by atoms with Gasteiger partial charge < -0.3 is 20.1 Å². The molecule has 0 bridgehead atoms. The molecule has 3 aromatic carbocycles. The summed E-state index contributed by atoms with van der Waals surface area (Å²) < 4.78 is 10.6. The molecule has 3 aromatic rings. The quantitative estimate of drug-likeness (QED) is 0.400. The van der Waals surface area contributed by atoms with E-state index in [1.807, 2.05) is 44.2 Å². The molecule has 0 aliphatic heterocycles. The van der Waals surface area contributed by atoms with Gasteiger partial charge in [0.15, 0.2) is 6.61 Å². The topological polar surface area (TPSA) is 93.7 Å². The molecule has 2 N–H and O–H groups in total. The Hall–Kier alpha value is -4.13. The summed E-state index contributed by atoms with van der Waals surface area (Å²) in [5.74, 6) is -0.171. The number of esters is 1. The summed E-state index contributed by atoms with van der Waals surface area (Å²) in [4.78, 5) is 36.1. The SMILES string of the molecule is CC(=O)Oc1cccc(C(=O)Nc2ccccc2CNC(=O)COc2ccc(C)c(C)c2)c1. The van der Waals surface area contributed by atoms with Crippen molar-refractivity contribution in [3.8, 4) is 11.5 Å². The summed E-state index contributed by atoms with van der Waals surface area (Å²) >= 11 is 0. The number of ether oxygens (including phenoxy) is 2. The van der Waals surface area contributed by atoms with Crippen LogP contribution in [0, 0.1) is 13.8 Å². The molecule has 7 heteroatoms. The molecule has 7 nitrogen and oxygen atoms in total. The van der Waals surface area contributed by atoms with Crippen LogP contribution in [0.4, 0.5) is 5.69 Å². The average molecular weight is 447 g/mol. The lowest BCUT2D eigenvalue weighted by atomic mass is 10.1. The van der Waals surface area contributed by atoms with Gasteiger partial charge in [0.2, 0.25) is 0 Å². The van der Waals surface area contributed by atoms with Gasteiger partial charge in [-0.25, -0.2) is 0 Å². The van der Waals surface area contributed by atoms with E-state index in [-0.39, 0.29) is 25.0 Å². The number of rotatable bonds is 8. The van der Waals surface area contributed by atoms with Crippen LogP contribution < -0.4 is 20.1 Å². The van der Waals surface area contributed by atoms with Crippen molar-refractivity contribution in [1.82, 2.24) is 5.32 Å². The Morgan fingerprint density at radius 3 is 2.39 bits per heavy atom. The highest BCUT2D eigenvalue weighted by Gasteiger charge is 2.12. The summed E-state index contributed by atoms with van der Waals surface area (Å²) in [5, 5.41) is 5.65. The first-order valence-electron chi connectivity index (χ1n) is 10.5. The number of amides is 2. The first kappa shape index (κ1) is 23.5.